The number of hydrogen-bond donors (Lipinski definition) is 0. The van der Waals surface area contributed by atoms with Gasteiger partial charge < -0.3 is 0 Å². The summed E-state index contributed by atoms with van der Waals surface area (Å²) in [5.41, 5.74) is 2.80. The normalized spacial score (nSPS) is 11.7. The molecular formula is C13H19N. The van der Waals surface area contributed by atoms with Crippen LogP contribution in [0.4, 0.5) is 0 Å². The van der Waals surface area contributed by atoms with Gasteiger partial charge in [0.2, 0.25) is 0 Å². The highest BCUT2D eigenvalue weighted by atomic mass is 14.6. The van der Waals surface area contributed by atoms with E-state index in [1.165, 1.54) is 36.8 Å². The summed E-state index contributed by atoms with van der Waals surface area (Å²) in [6.45, 7) is 4.44. The van der Waals surface area contributed by atoms with E-state index in [0.717, 1.165) is 0 Å². The smallest absolute Gasteiger partial charge is 0.0273 e. The predicted molar refractivity (Wildman–Crippen MR) is 62.0 cm³/mol. The molecule has 0 unspecified atom stereocenters. The number of rotatable bonds is 5. The van der Waals surface area contributed by atoms with Crippen molar-refractivity contribution in [3.63, 3.8) is 0 Å². The minimum Gasteiger partial charge on any atom is -0.265 e. The van der Waals surface area contributed by atoms with Crippen molar-refractivity contribution >= 4 is 5.57 Å². The Balaban J connectivity index is 2.77. The summed E-state index contributed by atoms with van der Waals surface area (Å²) < 4.78 is 0. The topological polar surface area (TPSA) is 12.9 Å². The Morgan fingerprint density at radius 2 is 1.93 bits per heavy atom. The van der Waals surface area contributed by atoms with Gasteiger partial charge in [0.25, 0.3) is 0 Å². The lowest BCUT2D eigenvalue weighted by Gasteiger charge is -2.05. The van der Waals surface area contributed by atoms with Gasteiger partial charge in [-0.05, 0) is 36.1 Å². The highest BCUT2D eigenvalue weighted by Crippen LogP contribution is 2.19. The van der Waals surface area contributed by atoms with Crippen LogP contribution in [0.25, 0.3) is 5.57 Å². The molecule has 0 amide bonds. The Bertz CT molecular complexity index is 275. The van der Waals surface area contributed by atoms with Crippen LogP contribution in [0, 0.1) is 0 Å². The third-order valence-electron chi connectivity index (χ3n) is 2.25. The number of pyridine rings is 1. The molecule has 1 rings (SSSR count). The average Bonchev–Trinajstić information content (AvgIpc) is 2.25. The van der Waals surface area contributed by atoms with Gasteiger partial charge in [-0.2, -0.15) is 0 Å². The Hall–Kier alpha value is -1.11. The Labute approximate surface area is 86.9 Å². The van der Waals surface area contributed by atoms with Gasteiger partial charge in [0.15, 0.2) is 0 Å². The van der Waals surface area contributed by atoms with E-state index in [9.17, 15) is 0 Å². The summed E-state index contributed by atoms with van der Waals surface area (Å²) in [7, 11) is 0. The van der Waals surface area contributed by atoms with Crippen LogP contribution in [0.1, 0.15) is 45.1 Å². The second kappa shape index (κ2) is 6.36. The van der Waals surface area contributed by atoms with Crippen LogP contribution < -0.4 is 0 Å². The first kappa shape index (κ1) is 11.0. The number of allylic oxidation sites excluding steroid dienone is 2. The summed E-state index contributed by atoms with van der Waals surface area (Å²) in [4.78, 5) is 4.04. The maximum Gasteiger partial charge on any atom is 0.0273 e. The van der Waals surface area contributed by atoms with Gasteiger partial charge in [0.05, 0.1) is 0 Å². The summed E-state index contributed by atoms with van der Waals surface area (Å²) >= 11 is 0. The van der Waals surface area contributed by atoms with Crippen LogP contribution in [-0.4, -0.2) is 4.98 Å². The van der Waals surface area contributed by atoms with E-state index in [-0.39, 0.29) is 0 Å². The first-order chi connectivity index (χ1) is 6.88. The van der Waals surface area contributed by atoms with Gasteiger partial charge in [-0.15, -0.1) is 0 Å². The van der Waals surface area contributed by atoms with Crippen molar-refractivity contribution in [1.29, 1.82) is 0 Å². The van der Waals surface area contributed by atoms with E-state index < -0.39 is 0 Å². The molecule has 1 aromatic rings. The minimum absolute atomic E-state index is 1.17. The molecule has 0 aliphatic carbocycles. The van der Waals surface area contributed by atoms with Gasteiger partial charge >= 0.3 is 0 Å². The molecule has 1 heterocycles. The molecule has 0 atom stereocenters. The molecule has 14 heavy (non-hydrogen) atoms. The molecule has 0 aromatic carbocycles. The fourth-order valence-corrected chi connectivity index (χ4v) is 1.52. The molecule has 0 aliphatic heterocycles. The molecule has 0 spiro atoms. The Morgan fingerprint density at radius 3 is 2.50 bits per heavy atom. The zero-order chi connectivity index (χ0) is 10.2. The van der Waals surface area contributed by atoms with E-state index in [0.29, 0.717) is 0 Å². The highest BCUT2D eigenvalue weighted by molar-refractivity contribution is 5.64. The van der Waals surface area contributed by atoms with E-state index in [1.54, 1.807) is 0 Å². The Morgan fingerprint density at radius 1 is 1.21 bits per heavy atom. The SMILES string of the molecule is CCC/C=C(\CCC)c1ccncc1. The van der Waals surface area contributed by atoms with Gasteiger partial charge in [-0.1, -0.05) is 32.8 Å². The fraction of sp³-hybridized carbons (Fsp3) is 0.462. The zero-order valence-electron chi connectivity index (χ0n) is 9.16. The lowest BCUT2D eigenvalue weighted by Crippen LogP contribution is -1.85. The van der Waals surface area contributed by atoms with Crippen molar-refractivity contribution in [3.8, 4) is 0 Å². The number of hydrogen-bond acceptors (Lipinski definition) is 1. The third kappa shape index (κ3) is 3.33. The zero-order valence-corrected chi connectivity index (χ0v) is 9.16. The van der Waals surface area contributed by atoms with Crippen molar-refractivity contribution in [2.24, 2.45) is 0 Å². The van der Waals surface area contributed by atoms with Crippen LogP contribution in [-0.2, 0) is 0 Å². The number of aromatic nitrogens is 1. The fourth-order valence-electron chi connectivity index (χ4n) is 1.52. The Kier molecular flexibility index (Phi) is 4.98. The number of unbranched alkanes of at least 4 members (excludes halogenated alkanes) is 1. The van der Waals surface area contributed by atoms with Gasteiger partial charge in [-0.25, -0.2) is 0 Å². The van der Waals surface area contributed by atoms with Crippen LogP contribution in [0.2, 0.25) is 0 Å². The maximum absolute atomic E-state index is 4.04. The molecule has 0 saturated heterocycles. The third-order valence-corrected chi connectivity index (χ3v) is 2.25. The van der Waals surface area contributed by atoms with Crippen LogP contribution in [0.3, 0.4) is 0 Å². The molecule has 0 bridgehead atoms. The van der Waals surface area contributed by atoms with Crippen molar-refractivity contribution in [2.45, 2.75) is 39.5 Å². The lowest BCUT2D eigenvalue weighted by molar-refractivity contribution is 0.932. The summed E-state index contributed by atoms with van der Waals surface area (Å²) in [6.07, 6.45) is 10.9. The van der Waals surface area contributed by atoms with Crippen LogP contribution >= 0.6 is 0 Å². The molecule has 1 aromatic heterocycles. The first-order valence-corrected chi connectivity index (χ1v) is 5.48. The average molecular weight is 189 g/mol. The molecule has 0 N–H and O–H groups in total. The van der Waals surface area contributed by atoms with E-state index in [2.05, 4.69) is 37.0 Å². The highest BCUT2D eigenvalue weighted by Gasteiger charge is 1.98. The molecule has 0 fully saturated rings. The molecule has 1 nitrogen and oxygen atoms in total. The van der Waals surface area contributed by atoms with Crippen molar-refractivity contribution < 1.29 is 0 Å². The predicted octanol–water partition coefficient (Wildman–Crippen LogP) is 4.07. The van der Waals surface area contributed by atoms with Crippen molar-refractivity contribution in [3.05, 3.63) is 36.2 Å². The van der Waals surface area contributed by atoms with E-state index in [1.807, 2.05) is 12.4 Å². The van der Waals surface area contributed by atoms with Gasteiger partial charge in [-0.3, -0.25) is 4.98 Å². The lowest BCUT2D eigenvalue weighted by atomic mass is 10.0. The summed E-state index contributed by atoms with van der Waals surface area (Å²) in [6, 6.07) is 4.19. The maximum atomic E-state index is 4.04. The molecule has 0 saturated carbocycles. The van der Waals surface area contributed by atoms with Crippen LogP contribution in [0.5, 0.6) is 0 Å². The summed E-state index contributed by atoms with van der Waals surface area (Å²) in [5, 5.41) is 0. The van der Waals surface area contributed by atoms with Crippen molar-refractivity contribution in [2.75, 3.05) is 0 Å². The van der Waals surface area contributed by atoms with Gasteiger partial charge in [0.1, 0.15) is 0 Å². The molecule has 0 aliphatic rings. The second-order valence-corrected chi connectivity index (χ2v) is 3.50. The van der Waals surface area contributed by atoms with Crippen molar-refractivity contribution in [1.82, 2.24) is 4.98 Å². The van der Waals surface area contributed by atoms with Crippen LogP contribution in [0.15, 0.2) is 30.6 Å². The monoisotopic (exact) mass is 189 g/mol. The standard InChI is InChI=1S/C13H19N/c1-3-5-7-12(6-4-2)13-8-10-14-11-9-13/h7-11H,3-6H2,1-2H3/b12-7+. The quantitative estimate of drug-likeness (QED) is 0.680. The molecule has 1 heteroatoms. The molecule has 0 radical (unpaired) electrons. The van der Waals surface area contributed by atoms with Gasteiger partial charge in [0, 0.05) is 12.4 Å². The number of nitrogens with zero attached hydrogens (tertiary/aromatic N) is 1. The minimum atomic E-state index is 1.17. The van der Waals surface area contributed by atoms with E-state index in [4.69, 9.17) is 0 Å². The largest absolute Gasteiger partial charge is 0.265 e. The summed E-state index contributed by atoms with van der Waals surface area (Å²) in [5.74, 6) is 0. The first-order valence-electron chi connectivity index (χ1n) is 5.48. The molecule has 76 valence electrons. The van der Waals surface area contributed by atoms with E-state index >= 15 is 0 Å². The second-order valence-electron chi connectivity index (χ2n) is 3.50. The molecular weight excluding hydrogens is 170 g/mol.